The Kier molecular flexibility index (Phi) is 7.19. The zero-order valence-electron chi connectivity index (χ0n) is 12.3. The Morgan fingerprint density at radius 2 is 2.05 bits per heavy atom. The summed E-state index contributed by atoms with van der Waals surface area (Å²) in [7, 11) is 0. The number of nitrogens with zero attached hydrogens (tertiary/aromatic N) is 1. The Labute approximate surface area is 129 Å². The number of carboxylic acid groups (broad SMARTS) is 1. The van der Waals surface area contributed by atoms with Crippen molar-refractivity contribution in [3.05, 3.63) is 33.8 Å². The normalized spacial score (nSPS) is 12.7. The van der Waals surface area contributed by atoms with Gasteiger partial charge in [0.15, 0.2) is 0 Å². The van der Waals surface area contributed by atoms with E-state index in [0.717, 1.165) is 35.2 Å². The molecule has 1 aromatic rings. The first-order chi connectivity index (χ1) is 9.49. The third-order valence-electron chi connectivity index (χ3n) is 3.43. The van der Waals surface area contributed by atoms with Gasteiger partial charge < -0.3 is 10.0 Å². The molecule has 0 spiro atoms. The molecule has 0 amide bonds. The van der Waals surface area contributed by atoms with Gasteiger partial charge in [0.2, 0.25) is 0 Å². The summed E-state index contributed by atoms with van der Waals surface area (Å²) in [6.45, 7) is 9.65. The third-order valence-corrected chi connectivity index (χ3v) is 4.32. The highest BCUT2D eigenvalue weighted by atomic mass is 79.9. The fourth-order valence-electron chi connectivity index (χ4n) is 2.10. The minimum atomic E-state index is -0.841. The smallest absolute Gasteiger partial charge is 0.325 e. The van der Waals surface area contributed by atoms with Crippen LogP contribution in [0.5, 0.6) is 0 Å². The molecule has 1 unspecified atom stereocenters. The predicted molar refractivity (Wildman–Crippen MR) is 85.0 cm³/mol. The van der Waals surface area contributed by atoms with Crippen molar-refractivity contribution in [1.82, 2.24) is 10.2 Å². The topological polar surface area (TPSA) is 52.6 Å². The van der Waals surface area contributed by atoms with Gasteiger partial charge in [0.25, 0.3) is 0 Å². The van der Waals surface area contributed by atoms with Crippen molar-refractivity contribution in [3.63, 3.8) is 0 Å². The number of carbonyl (C=O) groups is 1. The van der Waals surface area contributed by atoms with Gasteiger partial charge in [-0.2, -0.15) is 0 Å². The zero-order valence-corrected chi connectivity index (χ0v) is 13.9. The molecular weight excluding hydrogens is 320 g/mol. The van der Waals surface area contributed by atoms with Gasteiger partial charge in [-0.05, 0) is 37.2 Å². The number of aliphatic carboxylic acids is 1. The average molecular weight is 343 g/mol. The monoisotopic (exact) mass is 342 g/mol. The maximum atomic E-state index is 11.4. The molecule has 0 aromatic heterocycles. The molecule has 0 radical (unpaired) electrons. The molecule has 0 heterocycles. The summed E-state index contributed by atoms with van der Waals surface area (Å²) >= 11 is 3.43. The van der Waals surface area contributed by atoms with Crippen LogP contribution in [-0.4, -0.2) is 42.2 Å². The maximum Gasteiger partial charge on any atom is 0.325 e. The minimum Gasteiger partial charge on any atom is -0.480 e. The van der Waals surface area contributed by atoms with Crippen LogP contribution in [0.25, 0.3) is 0 Å². The second-order valence-electron chi connectivity index (χ2n) is 4.76. The van der Waals surface area contributed by atoms with E-state index in [4.69, 9.17) is 0 Å². The maximum absolute atomic E-state index is 11.4. The lowest BCUT2D eigenvalue weighted by atomic mass is 10.0. The first-order valence-corrected chi connectivity index (χ1v) is 7.73. The Morgan fingerprint density at radius 3 is 2.55 bits per heavy atom. The number of nitrogens with one attached hydrogen (secondary N) is 1. The van der Waals surface area contributed by atoms with Crippen molar-refractivity contribution in [2.45, 2.75) is 26.8 Å². The molecule has 1 aromatic carbocycles. The van der Waals surface area contributed by atoms with Gasteiger partial charge in [0.05, 0.1) is 0 Å². The van der Waals surface area contributed by atoms with E-state index in [1.54, 1.807) is 0 Å². The van der Waals surface area contributed by atoms with Crippen molar-refractivity contribution >= 4 is 21.9 Å². The molecule has 0 aliphatic carbocycles. The molecule has 0 saturated heterocycles. The quantitative estimate of drug-likeness (QED) is 0.762. The molecule has 0 fully saturated rings. The lowest BCUT2D eigenvalue weighted by Crippen LogP contribution is -2.36. The van der Waals surface area contributed by atoms with E-state index in [9.17, 15) is 9.90 Å². The van der Waals surface area contributed by atoms with Gasteiger partial charge in [-0.1, -0.05) is 41.9 Å². The highest BCUT2D eigenvalue weighted by Gasteiger charge is 2.19. The summed E-state index contributed by atoms with van der Waals surface area (Å²) in [5.74, 6) is -0.841. The number of rotatable bonds is 8. The Bertz CT molecular complexity index is 447. The first kappa shape index (κ1) is 17.1. The number of halogens is 1. The van der Waals surface area contributed by atoms with Crippen LogP contribution in [0.2, 0.25) is 0 Å². The Balaban J connectivity index is 2.69. The largest absolute Gasteiger partial charge is 0.480 e. The van der Waals surface area contributed by atoms with E-state index in [0.29, 0.717) is 6.54 Å². The van der Waals surface area contributed by atoms with Crippen molar-refractivity contribution in [2.75, 3.05) is 26.2 Å². The molecule has 112 valence electrons. The van der Waals surface area contributed by atoms with Crippen LogP contribution in [0.15, 0.2) is 22.7 Å². The van der Waals surface area contributed by atoms with E-state index in [1.807, 2.05) is 25.1 Å². The van der Waals surface area contributed by atoms with Crippen LogP contribution in [0, 0.1) is 6.92 Å². The van der Waals surface area contributed by atoms with E-state index in [2.05, 4.69) is 40.0 Å². The van der Waals surface area contributed by atoms with Crippen molar-refractivity contribution in [1.29, 1.82) is 0 Å². The van der Waals surface area contributed by atoms with E-state index in [1.165, 1.54) is 0 Å². The van der Waals surface area contributed by atoms with Gasteiger partial charge in [-0.15, -0.1) is 0 Å². The fraction of sp³-hybridized carbons (Fsp3) is 0.533. The van der Waals surface area contributed by atoms with Gasteiger partial charge in [0.1, 0.15) is 6.04 Å². The van der Waals surface area contributed by atoms with Crippen molar-refractivity contribution in [3.8, 4) is 0 Å². The number of hydrogen-bond acceptors (Lipinski definition) is 3. The molecule has 4 nitrogen and oxygen atoms in total. The average Bonchev–Trinajstić information content (AvgIpc) is 2.42. The number of carboxylic acids is 1. The molecule has 0 aliphatic heterocycles. The summed E-state index contributed by atoms with van der Waals surface area (Å²) in [6.07, 6.45) is 0. The summed E-state index contributed by atoms with van der Waals surface area (Å²) in [5.41, 5.74) is 1.83. The van der Waals surface area contributed by atoms with Gasteiger partial charge >= 0.3 is 5.97 Å². The van der Waals surface area contributed by atoms with Gasteiger partial charge in [0, 0.05) is 17.6 Å². The summed E-state index contributed by atoms with van der Waals surface area (Å²) in [5, 5.41) is 12.5. The van der Waals surface area contributed by atoms with Crippen LogP contribution in [-0.2, 0) is 4.79 Å². The lowest BCUT2D eigenvalue weighted by molar-refractivity contribution is -0.139. The summed E-state index contributed by atoms with van der Waals surface area (Å²) in [4.78, 5) is 13.7. The number of hydrogen-bond donors (Lipinski definition) is 2. The predicted octanol–water partition coefficient (Wildman–Crippen LogP) is 2.81. The molecule has 0 aliphatic rings. The van der Waals surface area contributed by atoms with Crippen LogP contribution < -0.4 is 5.32 Å². The molecular formula is C15H23BrN2O2. The van der Waals surface area contributed by atoms with E-state index >= 15 is 0 Å². The van der Waals surface area contributed by atoms with Crippen molar-refractivity contribution < 1.29 is 9.90 Å². The standard InChI is InChI=1S/C15H23BrN2O2/c1-4-18(5-2)9-8-17-14(15(19)20)12-6-7-13(16)11(3)10-12/h6-7,10,14,17H,4-5,8-9H2,1-3H3,(H,19,20). The summed E-state index contributed by atoms with van der Waals surface area (Å²) < 4.78 is 0.994. The highest BCUT2D eigenvalue weighted by molar-refractivity contribution is 9.10. The first-order valence-electron chi connectivity index (χ1n) is 6.94. The molecule has 0 bridgehead atoms. The number of benzene rings is 1. The molecule has 2 N–H and O–H groups in total. The van der Waals surface area contributed by atoms with Gasteiger partial charge in [-0.25, -0.2) is 0 Å². The number of aryl methyl sites for hydroxylation is 1. The molecule has 5 heteroatoms. The Hall–Kier alpha value is -0.910. The Morgan fingerprint density at radius 1 is 1.40 bits per heavy atom. The SMILES string of the molecule is CCN(CC)CCNC(C(=O)O)c1ccc(Br)c(C)c1. The third kappa shape index (κ3) is 4.89. The number of likely N-dealkylation sites (N-methyl/N-ethyl adjacent to an activating group) is 1. The molecule has 1 rings (SSSR count). The summed E-state index contributed by atoms with van der Waals surface area (Å²) in [6, 6.07) is 5.00. The lowest BCUT2D eigenvalue weighted by Gasteiger charge is -2.21. The van der Waals surface area contributed by atoms with E-state index < -0.39 is 12.0 Å². The second kappa shape index (κ2) is 8.39. The fourth-order valence-corrected chi connectivity index (χ4v) is 2.35. The zero-order chi connectivity index (χ0) is 15.1. The highest BCUT2D eigenvalue weighted by Crippen LogP contribution is 2.21. The molecule has 20 heavy (non-hydrogen) atoms. The molecule has 0 saturated carbocycles. The second-order valence-corrected chi connectivity index (χ2v) is 5.62. The molecule has 1 atom stereocenters. The minimum absolute atomic E-state index is 0.655. The van der Waals surface area contributed by atoms with E-state index in [-0.39, 0.29) is 0 Å². The van der Waals surface area contributed by atoms with Gasteiger partial charge in [-0.3, -0.25) is 10.1 Å². The van der Waals surface area contributed by atoms with Crippen LogP contribution in [0.1, 0.15) is 31.0 Å². The van der Waals surface area contributed by atoms with Crippen molar-refractivity contribution in [2.24, 2.45) is 0 Å². The van der Waals surface area contributed by atoms with Crippen LogP contribution in [0.4, 0.5) is 0 Å². The van der Waals surface area contributed by atoms with Crippen LogP contribution >= 0.6 is 15.9 Å². The van der Waals surface area contributed by atoms with Crippen LogP contribution in [0.3, 0.4) is 0 Å².